The maximum atomic E-state index is 4.89. The number of hydrogen-bond acceptors (Lipinski definition) is 7. The molecular weight excluding hydrogens is 382 g/mol. The molecular formula is C21H21N7S. The number of imidazole rings is 1. The van der Waals surface area contributed by atoms with E-state index in [4.69, 9.17) is 9.97 Å². The maximum Gasteiger partial charge on any atom is 0.228 e. The quantitative estimate of drug-likeness (QED) is 0.523. The molecule has 4 aromatic rings. The summed E-state index contributed by atoms with van der Waals surface area (Å²) in [6.45, 7) is 5.57. The van der Waals surface area contributed by atoms with E-state index in [-0.39, 0.29) is 0 Å². The number of benzene rings is 1. The Morgan fingerprint density at radius 2 is 1.79 bits per heavy atom. The Hall–Kier alpha value is -3.13. The summed E-state index contributed by atoms with van der Waals surface area (Å²) in [6, 6.07) is 14.5. The van der Waals surface area contributed by atoms with Crippen molar-refractivity contribution in [3.05, 3.63) is 60.6 Å². The topological polar surface area (TPSA) is 73.8 Å². The van der Waals surface area contributed by atoms with Crippen molar-refractivity contribution in [1.82, 2.24) is 24.9 Å². The fourth-order valence-corrected chi connectivity index (χ4v) is 4.47. The smallest absolute Gasteiger partial charge is 0.228 e. The number of H-pyrrole nitrogens is 1. The molecule has 0 amide bonds. The molecule has 146 valence electrons. The summed E-state index contributed by atoms with van der Waals surface area (Å²) in [5, 5.41) is 0.903. The van der Waals surface area contributed by atoms with Gasteiger partial charge in [0, 0.05) is 37.3 Å². The zero-order valence-corrected chi connectivity index (χ0v) is 16.9. The fourth-order valence-electron chi connectivity index (χ4n) is 3.48. The Bertz CT molecular complexity index is 1120. The van der Waals surface area contributed by atoms with Gasteiger partial charge in [-0.05, 0) is 31.2 Å². The Labute approximate surface area is 173 Å². The first-order chi connectivity index (χ1) is 14.3. The minimum Gasteiger partial charge on any atom is -0.353 e. The number of nitrogens with one attached hydrogen (secondary N) is 1. The number of rotatable bonds is 4. The number of aromatic amines is 1. The van der Waals surface area contributed by atoms with Crippen LogP contribution in [0.15, 0.2) is 64.9 Å². The number of aryl methyl sites for hydroxylation is 1. The zero-order valence-electron chi connectivity index (χ0n) is 16.1. The molecule has 3 aromatic heterocycles. The number of aromatic nitrogens is 5. The van der Waals surface area contributed by atoms with Crippen LogP contribution in [0.2, 0.25) is 0 Å². The highest BCUT2D eigenvalue weighted by Gasteiger charge is 2.22. The number of piperazine rings is 1. The minimum atomic E-state index is 0.706. The summed E-state index contributed by atoms with van der Waals surface area (Å²) >= 11 is 1.64. The largest absolute Gasteiger partial charge is 0.353 e. The van der Waals surface area contributed by atoms with E-state index in [0.29, 0.717) is 5.65 Å². The number of hydrogen-bond donors (Lipinski definition) is 1. The van der Waals surface area contributed by atoms with Crippen LogP contribution >= 0.6 is 11.8 Å². The summed E-state index contributed by atoms with van der Waals surface area (Å²) in [4.78, 5) is 27.3. The van der Waals surface area contributed by atoms with E-state index in [9.17, 15) is 0 Å². The number of fused-ring (bicyclic) bond motifs is 1. The van der Waals surface area contributed by atoms with E-state index in [0.717, 1.165) is 53.4 Å². The van der Waals surface area contributed by atoms with Crippen LogP contribution in [0.1, 0.15) is 5.56 Å². The van der Waals surface area contributed by atoms with Crippen molar-refractivity contribution in [3.8, 4) is 0 Å². The van der Waals surface area contributed by atoms with Gasteiger partial charge in [-0.3, -0.25) is 0 Å². The van der Waals surface area contributed by atoms with Gasteiger partial charge in [0.15, 0.2) is 5.65 Å². The van der Waals surface area contributed by atoms with E-state index in [1.807, 2.05) is 18.3 Å². The van der Waals surface area contributed by atoms with Gasteiger partial charge in [0.2, 0.25) is 5.95 Å². The average molecular weight is 404 g/mol. The molecule has 0 unspecified atom stereocenters. The number of nitrogens with zero attached hydrogens (tertiary/aromatic N) is 6. The Morgan fingerprint density at radius 1 is 0.931 bits per heavy atom. The normalized spacial score (nSPS) is 14.5. The molecule has 5 rings (SSSR count). The standard InChI is InChI=1S/C21H21N7S/c1-15-5-4-6-16(13-15)29-20-18-19(24-14-23-18)25-21(26-20)28-11-9-27(10-12-28)17-7-2-3-8-22-17/h2-8,13-14H,9-12H2,1H3,(H,23,24,25,26). The lowest BCUT2D eigenvalue weighted by Crippen LogP contribution is -2.47. The van der Waals surface area contributed by atoms with Crippen LogP contribution in [0.25, 0.3) is 11.2 Å². The predicted molar refractivity (Wildman–Crippen MR) is 116 cm³/mol. The Morgan fingerprint density at radius 3 is 2.59 bits per heavy atom. The van der Waals surface area contributed by atoms with Crippen molar-refractivity contribution >= 4 is 34.7 Å². The van der Waals surface area contributed by atoms with Crippen LogP contribution in [-0.4, -0.2) is 51.1 Å². The van der Waals surface area contributed by atoms with Crippen molar-refractivity contribution in [1.29, 1.82) is 0 Å². The lowest BCUT2D eigenvalue weighted by molar-refractivity contribution is 0.633. The third-order valence-electron chi connectivity index (χ3n) is 4.98. The summed E-state index contributed by atoms with van der Waals surface area (Å²) < 4.78 is 0. The molecule has 29 heavy (non-hydrogen) atoms. The van der Waals surface area contributed by atoms with Crippen LogP contribution in [0.4, 0.5) is 11.8 Å². The molecule has 7 nitrogen and oxygen atoms in total. The molecule has 0 spiro atoms. The number of pyridine rings is 1. The highest BCUT2D eigenvalue weighted by atomic mass is 32.2. The Balaban J connectivity index is 1.39. The van der Waals surface area contributed by atoms with Gasteiger partial charge in [0.05, 0.1) is 6.33 Å². The van der Waals surface area contributed by atoms with Gasteiger partial charge in [-0.2, -0.15) is 4.98 Å². The van der Waals surface area contributed by atoms with Gasteiger partial charge in [0.1, 0.15) is 16.4 Å². The van der Waals surface area contributed by atoms with Crippen molar-refractivity contribution < 1.29 is 0 Å². The van der Waals surface area contributed by atoms with Crippen molar-refractivity contribution in [3.63, 3.8) is 0 Å². The van der Waals surface area contributed by atoms with Gasteiger partial charge in [0.25, 0.3) is 0 Å². The third kappa shape index (κ3) is 3.75. The lowest BCUT2D eigenvalue weighted by atomic mass is 10.2. The highest BCUT2D eigenvalue weighted by molar-refractivity contribution is 7.99. The number of anilines is 2. The summed E-state index contributed by atoms with van der Waals surface area (Å²) in [7, 11) is 0. The first-order valence-corrected chi connectivity index (χ1v) is 10.4. The molecule has 1 aromatic carbocycles. The van der Waals surface area contributed by atoms with Crippen molar-refractivity contribution in [2.24, 2.45) is 0 Å². The molecule has 1 fully saturated rings. The SMILES string of the molecule is Cc1cccc(Sc2nc(N3CCN(c4ccccn4)CC3)nc3nc[nH]c23)c1. The first-order valence-electron chi connectivity index (χ1n) is 9.63. The summed E-state index contributed by atoms with van der Waals surface area (Å²) in [5.74, 6) is 1.76. The van der Waals surface area contributed by atoms with Gasteiger partial charge in [-0.15, -0.1) is 0 Å². The van der Waals surface area contributed by atoms with E-state index < -0.39 is 0 Å². The molecule has 0 radical (unpaired) electrons. The second kappa shape index (κ2) is 7.71. The van der Waals surface area contributed by atoms with Gasteiger partial charge < -0.3 is 14.8 Å². The Kier molecular flexibility index (Phi) is 4.77. The van der Waals surface area contributed by atoms with Gasteiger partial charge >= 0.3 is 0 Å². The van der Waals surface area contributed by atoms with E-state index >= 15 is 0 Å². The van der Waals surface area contributed by atoms with Crippen molar-refractivity contribution in [2.75, 3.05) is 36.0 Å². The van der Waals surface area contributed by atoms with Crippen LogP contribution < -0.4 is 9.80 Å². The summed E-state index contributed by atoms with van der Waals surface area (Å²) in [6.07, 6.45) is 3.52. The average Bonchev–Trinajstić information content (AvgIpc) is 3.24. The minimum absolute atomic E-state index is 0.706. The van der Waals surface area contributed by atoms with E-state index in [1.54, 1.807) is 18.1 Å². The molecule has 0 aliphatic carbocycles. The molecule has 1 aliphatic heterocycles. The third-order valence-corrected chi connectivity index (χ3v) is 5.96. The fraction of sp³-hybridized carbons (Fsp3) is 0.238. The molecule has 1 N–H and O–H groups in total. The van der Waals surface area contributed by atoms with E-state index in [2.05, 4.69) is 62.0 Å². The second-order valence-corrected chi connectivity index (χ2v) is 8.07. The van der Waals surface area contributed by atoms with E-state index in [1.165, 1.54) is 5.56 Å². The second-order valence-electron chi connectivity index (χ2n) is 7.01. The van der Waals surface area contributed by atoms with Gasteiger partial charge in [-0.1, -0.05) is 35.5 Å². The predicted octanol–water partition coefficient (Wildman–Crippen LogP) is 3.53. The zero-order chi connectivity index (χ0) is 19.6. The maximum absolute atomic E-state index is 4.89. The van der Waals surface area contributed by atoms with Crippen LogP contribution in [-0.2, 0) is 0 Å². The lowest BCUT2D eigenvalue weighted by Gasteiger charge is -2.35. The van der Waals surface area contributed by atoms with Gasteiger partial charge in [-0.25, -0.2) is 15.0 Å². The molecule has 1 aliphatic rings. The molecule has 0 bridgehead atoms. The molecule has 4 heterocycles. The summed E-state index contributed by atoms with van der Waals surface area (Å²) in [5.41, 5.74) is 2.82. The van der Waals surface area contributed by atoms with Crippen LogP contribution in [0.5, 0.6) is 0 Å². The van der Waals surface area contributed by atoms with Crippen LogP contribution in [0.3, 0.4) is 0 Å². The molecule has 8 heteroatoms. The highest BCUT2D eigenvalue weighted by Crippen LogP contribution is 2.32. The molecule has 0 atom stereocenters. The van der Waals surface area contributed by atoms with Crippen molar-refractivity contribution in [2.45, 2.75) is 16.8 Å². The molecule has 1 saturated heterocycles. The molecule has 0 saturated carbocycles. The first kappa shape index (κ1) is 17.9. The van der Waals surface area contributed by atoms with Crippen LogP contribution in [0, 0.1) is 6.92 Å². The monoisotopic (exact) mass is 403 g/mol.